The Hall–Kier alpha value is -1.59. The monoisotopic (exact) mass is 324 g/mol. The number of nitrogens with zero attached hydrogens (tertiary/aromatic N) is 1. The van der Waals surface area contributed by atoms with Gasteiger partial charge in [-0.2, -0.15) is 0 Å². The average Bonchev–Trinajstić information content (AvgIpc) is 3.28. The number of benzene rings is 1. The standard InChI is InChI=1S/C16H21ClN2O3/c1-10(13-5-3-4-6-14(13)17)18-15(20)9-19(12-7-8-12)11(2)16(21)22/h3-6,10-12H,7-9H2,1-2H3,(H,18,20)(H,21,22). The largest absolute Gasteiger partial charge is 0.480 e. The Labute approximate surface area is 135 Å². The molecule has 0 heterocycles. The van der Waals surface area contributed by atoms with E-state index in [1.165, 1.54) is 0 Å². The van der Waals surface area contributed by atoms with Crippen LogP contribution in [0.15, 0.2) is 24.3 Å². The van der Waals surface area contributed by atoms with E-state index < -0.39 is 12.0 Å². The van der Waals surface area contributed by atoms with Gasteiger partial charge in [-0.1, -0.05) is 29.8 Å². The fraction of sp³-hybridized carbons (Fsp3) is 0.500. The number of carboxylic acids is 1. The number of halogens is 1. The van der Waals surface area contributed by atoms with Gasteiger partial charge in [0.25, 0.3) is 0 Å². The third-order valence-corrected chi connectivity index (χ3v) is 4.29. The molecule has 0 aromatic heterocycles. The first-order valence-electron chi connectivity index (χ1n) is 7.42. The molecule has 1 amide bonds. The molecule has 2 rings (SSSR count). The van der Waals surface area contributed by atoms with Crippen molar-refractivity contribution in [2.24, 2.45) is 0 Å². The van der Waals surface area contributed by atoms with E-state index in [-0.39, 0.29) is 24.5 Å². The second-order valence-electron chi connectivity index (χ2n) is 5.73. The maximum Gasteiger partial charge on any atom is 0.320 e. The summed E-state index contributed by atoms with van der Waals surface area (Å²) in [6, 6.07) is 6.68. The third kappa shape index (κ3) is 4.21. The fourth-order valence-corrected chi connectivity index (χ4v) is 2.79. The third-order valence-electron chi connectivity index (χ3n) is 3.95. The molecule has 2 unspecified atom stereocenters. The quantitative estimate of drug-likeness (QED) is 0.808. The van der Waals surface area contributed by atoms with Crippen LogP contribution in [0.5, 0.6) is 0 Å². The number of aliphatic carboxylic acids is 1. The van der Waals surface area contributed by atoms with Crippen LogP contribution < -0.4 is 5.32 Å². The smallest absolute Gasteiger partial charge is 0.320 e. The normalized spacial score (nSPS) is 17.1. The lowest BCUT2D eigenvalue weighted by molar-refractivity contribution is -0.143. The Balaban J connectivity index is 1.96. The van der Waals surface area contributed by atoms with Crippen LogP contribution in [0.3, 0.4) is 0 Å². The number of rotatable bonds is 7. The minimum atomic E-state index is -0.904. The van der Waals surface area contributed by atoms with E-state index in [1.54, 1.807) is 17.9 Å². The fourth-order valence-electron chi connectivity index (χ4n) is 2.49. The predicted octanol–water partition coefficient (Wildman–Crippen LogP) is 2.45. The van der Waals surface area contributed by atoms with Gasteiger partial charge in [0.15, 0.2) is 0 Å². The molecule has 0 aliphatic heterocycles. The van der Waals surface area contributed by atoms with E-state index in [1.807, 2.05) is 25.1 Å². The average molecular weight is 325 g/mol. The van der Waals surface area contributed by atoms with Crippen LogP contribution in [-0.4, -0.2) is 40.5 Å². The molecule has 1 fully saturated rings. The van der Waals surface area contributed by atoms with Gasteiger partial charge >= 0.3 is 5.97 Å². The molecule has 1 aliphatic carbocycles. The van der Waals surface area contributed by atoms with Crippen molar-refractivity contribution in [1.82, 2.24) is 10.2 Å². The van der Waals surface area contributed by atoms with Gasteiger partial charge in [0, 0.05) is 11.1 Å². The molecule has 120 valence electrons. The van der Waals surface area contributed by atoms with Crippen molar-refractivity contribution < 1.29 is 14.7 Å². The van der Waals surface area contributed by atoms with Crippen molar-refractivity contribution in [2.45, 2.75) is 44.8 Å². The van der Waals surface area contributed by atoms with Gasteiger partial charge in [0.1, 0.15) is 6.04 Å². The molecule has 2 N–H and O–H groups in total. The first-order chi connectivity index (χ1) is 10.4. The molecule has 1 aromatic carbocycles. The Bertz CT molecular complexity index is 560. The molecule has 2 atom stereocenters. The number of amides is 1. The summed E-state index contributed by atoms with van der Waals surface area (Å²) >= 11 is 6.12. The summed E-state index contributed by atoms with van der Waals surface area (Å²) in [4.78, 5) is 25.1. The van der Waals surface area contributed by atoms with Gasteiger partial charge in [-0.15, -0.1) is 0 Å². The summed E-state index contributed by atoms with van der Waals surface area (Å²) < 4.78 is 0. The maximum absolute atomic E-state index is 12.2. The molecule has 0 saturated heterocycles. The minimum Gasteiger partial charge on any atom is -0.480 e. The van der Waals surface area contributed by atoms with Gasteiger partial charge in [-0.3, -0.25) is 14.5 Å². The summed E-state index contributed by atoms with van der Waals surface area (Å²) in [7, 11) is 0. The lowest BCUT2D eigenvalue weighted by atomic mass is 10.1. The zero-order valence-corrected chi connectivity index (χ0v) is 13.5. The number of carbonyl (C=O) groups is 2. The second kappa shape index (κ2) is 7.11. The Kier molecular flexibility index (Phi) is 5.42. The van der Waals surface area contributed by atoms with Crippen LogP contribution in [0.1, 0.15) is 38.3 Å². The molecule has 0 spiro atoms. The number of hydrogen-bond donors (Lipinski definition) is 2. The molecule has 1 aliphatic rings. The van der Waals surface area contributed by atoms with Crippen molar-refractivity contribution in [1.29, 1.82) is 0 Å². The topological polar surface area (TPSA) is 69.6 Å². The van der Waals surface area contributed by atoms with Crippen LogP contribution >= 0.6 is 11.6 Å². The highest BCUT2D eigenvalue weighted by atomic mass is 35.5. The zero-order valence-electron chi connectivity index (χ0n) is 12.8. The van der Waals surface area contributed by atoms with Gasteiger partial charge in [-0.05, 0) is 38.3 Å². The minimum absolute atomic E-state index is 0.0902. The molecule has 5 nitrogen and oxygen atoms in total. The van der Waals surface area contributed by atoms with E-state index in [4.69, 9.17) is 16.7 Å². The van der Waals surface area contributed by atoms with Crippen LogP contribution in [0.2, 0.25) is 5.02 Å². The van der Waals surface area contributed by atoms with Crippen LogP contribution in [0.4, 0.5) is 0 Å². The molecule has 22 heavy (non-hydrogen) atoms. The van der Waals surface area contributed by atoms with E-state index in [0.29, 0.717) is 5.02 Å². The van der Waals surface area contributed by atoms with Crippen LogP contribution in [-0.2, 0) is 9.59 Å². The van der Waals surface area contributed by atoms with E-state index in [2.05, 4.69) is 5.32 Å². The highest BCUT2D eigenvalue weighted by molar-refractivity contribution is 6.31. The van der Waals surface area contributed by atoms with Gasteiger partial charge < -0.3 is 10.4 Å². The van der Waals surface area contributed by atoms with Crippen molar-refractivity contribution in [3.8, 4) is 0 Å². The number of hydrogen-bond acceptors (Lipinski definition) is 3. The zero-order chi connectivity index (χ0) is 16.3. The summed E-state index contributed by atoms with van der Waals surface area (Å²) in [6.45, 7) is 3.57. The Morgan fingerprint density at radius 1 is 1.36 bits per heavy atom. The molecule has 1 saturated carbocycles. The Morgan fingerprint density at radius 3 is 2.55 bits per heavy atom. The first kappa shape index (κ1) is 16.8. The van der Waals surface area contributed by atoms with Crippen molar-refractivity contribution in [3.63, 3.8) is 0 Å². The number of carboxylic acid groups (broad SMARTS) is 1. The van der Waals surface area contributed by atoms with E-state index >= 15 is 0 Å². The number of carbonyl (C=O) groups excluding carboxylic acids is 1. The Morgan fingerprint density at radius 2 is 2.00 bits per heavy atom. The van der Waals surface area contributed by atoms with Gasteiger partial charge in [0.2, 0.25) is 5.91 Å². The molecular formula is C16H21ClN2O3. The predicted molar refractivity (Wildman–Crippen MR) is 84.8 cm³/mol. The summed E-state index contributed by atoms with van der Waals surface area (Å²) in [5.74, 6) is -1.09. The molecule has 6 heteroatoms. The van der Waals surface area contributed by atoms with E-state index in [0.717, 1.165) is 18.4 Å². The lowest BCUT2D eigenvalue weighted by Crippen LogP contribution is -2.46. The molecule has 0 bridgehead atoms. The summed E-state index contributed by atoms with van der Waals surface area (Å²) in [5, 5.41) is 12.6. The second-order valence-corrected chi connectivity index (χ2v) is 6.14. The van der Waals surface area contributed by atoms with E-state index in [9.17, 15) is 9.59 Å². The van der Waals surface area contributed by atoms with Crippen molar-refractivity contribution in [3.05, 3.63) is 34.9 Å². The summed E-state index contributed by atoms with van der Waals surface area (Å²) in [6.07, 6.45) is 1.90. The SMILES string of the molecule is CC(NC(=O)CN(C1CC1)C(C)C(=O)O)c1ccccc1Cl. The van der Waals surface area contributed by atoms with Crippen molar-refractivity contribution in [2.75, 3.05) is 6.54 Å². The highest BCUT2D eigenvalue weighted by Gasteiger charge is 2.36. The highest BCUT2D eigenvalue weighted by Crippen LogP contribution is 2.28. The van der Waals surface area contributed by atoms with Crippen LogP contribution in [0, 0.1) is 0 Å². The molecule has 1 aromatic rings. The van der Waals surface area contributed by atoms with Crippen LogP contribution in [0.25, 0.3) is 0 Å². The molecular weight excluding hydrogens is 304 g/mol. The summed E-state index contributed by atoms with van der Waals surface area (Å²) in [5.41, 5.74) is 0.849. The number of nitrogens with one attached hydrogen (secondary N) is 1. The molecule has 0 radical (unpaired) electrons. The van der Waals surface area contributed by atoms with Gasteiger partial charge in [0.05, 0.1) is 12.6 Å². The first-order valence-corrected chi connectivity index (χ1v) is 7.80. The maximum atomic E-state index is 12.2. The van der Waals surface area contributed by atoms with Crippen molar-refractivity contribution >= 4 is 23.5 Å². The lowest BCUT2D eigenvalue weighted by Gasteiger charge is -2.26. The van der Waals surface area contributed by atoms with Gasteiger partial charge in [-0.25, -0.2) is 0 Å².